The van der Waals surface area contributed by atoms with E-state index in [1.807, 2.05) is 12.5 Å². The van der Waals surface area contributed by atoms with Gasteiger partial charge < -0.3 is 4.74 Å². The number of hydrogen-bond acceptors (Lipinski definition) is 5. The summed E-state index contributed by atoms with van der Waals surface area (Å²) < 4.78 is 6.53. The van der Waals surface area contributed by atoms with Gasteiger partial charge in [-0.25, -0.2) is 9.48 Å². The van der Waals surface area contributed by atoms with E-state index in [2.05, 4.69) is 10.1 Å². The molecule has 22 heavy (non-hydrogen) atoms. The molecule has 0 fully saturated rings. The summed E-state index contributed by atoms with van der Waals surface area (Å²) in [5.74, 6) is -0.569. The van der Waals surface area contributed by atoms with Gasteiger partial charge in [-0.1, -0.05) is 0 Å². The topological polar surface area (TPSA) is 74.1 Å². The maximum absolute atomic E-state index is 12.3. The molecule has 116 valence electrons. The highest BCUT2D eigenvalue weighted by molar-refractivity contribution is 7.95. The second-order valence-corrected chi connectivity index (χ2v) is 6.78. The van der Waals surface area contributed by atoms with Crippen molar-refractivity contribution in [3.63, 3.8) is 0 Å². The van der Waals surface area contributed by atoms with Gasteiger partial charge in [-0.3, -0.25) is 9.78 Å². The fraction of sp³-hybridized carbons (Fsp3) is 0.333. The van der Waals surface area contributed by atoms with Crippen LogP contribution in [0.25, 0.3) is 0 Å². The molecule has 0 aliphatic heterocycles. The Balaban J connectivity index is 2.26. The third-order valence-electron chi connectivity index (χ3n) is 2.92. The lowest BCUT2D eigenvalue weighted by atomic mass is 10.2. The summed E-state index contributed by atoms with van der Waals surface area (Å²) >= 11 is 0. The van der Waals surface area contributed by atoms with Gasteiger partial charge in [0.2, 0.25) is 5.03 Å². The molecule has 6 nitrogen and oxygen atoms in total. The van der Waals surface area contributed by atoms with E-state index in [0.29, 0.717) is 12.2 Å². The fourth-order valence-electron chi connectivity index (χ4n) is 1.90. The second-order valence-electron chi connectivity index (χ2n) is 4.73. The van der Waals surface area contributed by atoms with Crippen molar-refractivity contribution in [2.24, 2.45) is 0 Å². The van der Waals surface area contributed by atoms with E-state index in [9.17, 15) is 9.59 Å². The minimum absolute atomic E-state index is 0.0750. The van der Waals surface area contributed by atoms with Crippen LogP contribution in [0.2, 0.25) is 0 Å². The minimum atomic E-state index is -0.471. The molecule has 0 saturated carbocycles. The van der Waals surface area contributed by atoms with E-state index >= 15 is 0 Å². The number of Topliss-reactive ketones (excluding diaryl/α,β-unsaturated/α-hetero) is 1. The summed E-state index contributed by atoms with van der Waals surface area (Å²) in [4.78, 5) is 28.0. The highest BCUT2D eigenvalue weighted by Crippen LogP contribution is 2.14. The van der Waals surface area contributed by atoms with Crippen LogP contribution in [0, 0.1) is 0 Å². The zero-order valence-electron chi connectivity index (χ0n) is 12.8. The maximum atomic E-state index is 12.3. The van der Waals surface area contributed by atoms with Gasteiger partial charge >= 0.3 is 5.97 Å². The van der Waals surface area contributed by atoms with Crippen molar-refractivity contribution < 1.29 is 14.3 Å². The van der Waals surface area contributed by atoms with Gasteiger partial charge in [0.05, 0.1) is 6.61 Å². The first kappa shape index (κ1) is 16.2. The summed E-state index contributed by atoms with van der Waals surface area (Å²) in [5.41, 5.74) is 0.755. The van der Waals surface area contributed by atoms with E-state index in [4.69, 9.17) is 4.74 Å². The van der Waals surface area contributed by atoms with E-state index < -0.39 is 5.97 Å². The number of ketones is 1. The SMILES string of the molecule is CCOC(=O)c1cc([S+](C)C)n(CC(=O)c2cccnc2)n1. The monoisotopic (exact) mass is 320 g/mol. The zero-order valence-corrected chi connectivity index (χ0v) is 13.6. The summed E-state index contributed by atoms with van der Waals surface area (Å²) in [5, 5.41) is 5.07. The van der Waals surface area contributed by atoms with Crippen LogP contribution in [-0.4, -0.2) is 45.6 Å². The van der Waals surface area contributed by atoms with Gasteiger partial charge in [-0.05, 0) is 19.1 Å². The average Bonchev–Trinajstić information content (AvgIpc) is 2.92. The van der Waals surface area contributed by atoms with Crippen LogP contribution < -0.4 is 0 Å². The molecule has 0 bridgehead atoms. The molecule has 0 amide bonds. The van der Waals surface area contributed by atoms with Gasteiger partial charge in [-0.15, -0.1) is 0 Å². The molecule has 2 aromatic heterocycles. The third-order valence-corrected chi connectivity index (χ3v) is 4.09. The molecule has 0 unspecified atom stereocenters. The van der Waals surface area contributed by atoms with E-state index in [0.717, 1.165) is 5.03 Å². The van der Waals surface area contributed by atoms with Crippen molar-refractivity contribution >= 4 is 22.6 Å². The van der Waals surface area contributed by atoms with Crippen LogP contribution in [0.3, 0.4) is 0 Å². The number of ether oxygens (including phenoxy) is 1. The predicted octanol–water partition coefficient (Wildman–Crippen LogP) is 1.57. The molecule has 0 aliphatic carbocycles. The largest absolute Gasteiger partial charge is 0.461 e. The second kappa shape index (κ2) is 7.22. The van der Waals surface area contributed by atoms with Gasteiger partial charge in [0.15, 0.2) is 11.5 Å². The molecule has 0 saturated heterocycles. The summed E-state index contributed by atoms with van der Waals surface area (Å²) in [6, 6.07) is 5.12. The Hall–Kier alpha value is -2.15. The van der Waals surface area contributed by atoms with Gasteiger partial charge in [-0.2, -0.15) is 5.10 Å². The van der Waals surface area contributed by atoms with E-state index in [-0.39, 0.29) is 28.9 Å². The molecule has 0 aliphatic rings. The summed E-state index contributed by atoms with van der Waals surface area (Å²) in [6.45, 7) is 2.11. The quantitative estimate of drug-likeness (QED) is 0.459. The predicted molar refractivity (Wildman–Crippen MR) is 84.2 cm³/mol. The number of carbonyl (C=O) groups excluding carboxylic acids is 2. The van der Waals surface area contributed by atoms with Crippen LogP contribution in [-0.2, 0) is 22.2 Å². The Morgan fingerprint density at radius 2 is 2.14 bits per heavy atom. The lowest BCUT2D eigenvalue weighted by Crippen LogP contribution is -2.16. The summed E-state index contributed by atoms with van der Waals surface area (Å²) in [6.07, 6.45) is 7.16. The number of esters is 1. The standard InChI is InChI=1S/C15H18N3O3S/c1-4-21-15(20)12-8-14(22(2)3)18(17-12)10-13(19)11-6-5-7-16-9-11/h5-9H,4,10H2,1-3H3/q+1. The van der Waals surface area contributed by atoms with Crippen LogP contribution in [0.1, 0.15) is 27.8 Å². The molecule has 0 atom stereocenters. The van der Waals surface area contributed by atoms with Crippen molar-refractivity contribution in [1.29, 1.82) is 0 Å². The smallest absolute Gasteiger partial charge is 0.359 e. The van der Waals surface area contributed by atoms with Crippen molar-refractivity contribution in [2.75, 3.05) is 19.1 Å². The molecular formula is C15H18N3O3S+. The highest BCUT2D eigenvalue weighted by atomic mass is 32.2. The van der Waals surface area contributed by atoms with E-state index in [1.165, 1.54) is 6.20 Å². The number of aromatic nitrogens is 3. The van der Waals surface area contributed by atoms with Gasteiger partial charge in [0.1, 0.15) is 19.1 Å². The number of rotatable bonds is 6. The first-order valence-corrected chi connectivity index (χ1v) is 8.82. The zero-order chi connectivity index (χ0) is 16.1. The minimum Gasteiger partial charge on any atom is -0.461 e. The lowest BCUT2D eigenvalue weighted by molar-refractivity contribution is 0.0517. The molecule has 0 spiro atoms. The number of nitrogens with zero attached hydrogens (tertiary/aromatic N) is 3. The highest BCUT2D eigenvalue weighted by Gasteiger charge is 2.24. The third kappa shape index (κ3) is 3.73. The van der Waals surface area contributed by atoms with Crippen molar-refractivity contribution in [3.8, 4) is 0 Å². The molecule has 0 radical (unpaired) electrons. The van der Waals surface area contributed by atoms with Crippen molar-refractivity contribution in [3.05, 3.63) is 41.9 Å². The Kier molecular flexibility index (Phi) is 5.32. The van der Waals surface area contributed by atoms with Gasteiger partial charge in [0.25, 0.3) is 0 Å². The van der Waals surface area contributed by atoms with Crippen LogP contribution >= 0.6 is 0 Å². The molecule has 2 heterocycles. The normalized spacial score (nSPS) is 10.7. The fourth-order valence-corrected chi connectivity index (χ4v) is 2.78. The van der Waals surface area contributed by atoms with Crippen LogP contribution in [0.5, 0.6) is 0 Å². The molecule has 2 rings (SSSR count). The Morgan fingerprint density at radius 1 is 1.36 bits per heavy atom. The molecule has 2 aromatic rings. The maximum Gasteiger partial charge on any atom is 0.359 e. The Bertz CT molecular complexity index is 668. The Morgan fingerprint density at radius 3 is 2.73 bits per heavy atom. The van der Waals surface area contributed by atoms with Crippen LogP contribution in [0.15, 0.2) is 35.6 Å². The number of carbonyl (C=O) groups is 2. The molecule has 0 N–H and O–H groups in total. The number of hydrogen-bond donors (Lipinski definition) is 0. The average molecular weight is 320 g/mol. The Labute approximate surface area is 131 Å². The lowest BCUT2D eigenvalue weighted by Gasteiger charge is -2.03. The van der Waals surface area contributed by atoms with E-state index in [1.54, 1.807) is 36.0 Å². The number of pyridine rings is 1. The molecular weight excluding hydrogens is 302 g/mol. The van der Waals surface area contributed by atoms with Crippen molar-refractivity contribution in [1.82, 2.24) is 14.8 Å². The molecule has 7 heteroatoms. The van der Waals surface area contributed by atoms with Gasteiger partial charge in [0, 0.05) is 34.9 Å². The first-order chi connectivity index (χ1) is 10.5. The molecule has 0 aromatic carbocycles. The summed E-state index contributed by atoms with van der Waals surface area (Å²) in [7, 11) is -0.138. The van der Waals surface area contributed by atoms with Crippen LogP contribution in [0.4, 0.5) is 0 Å². The van der Waals surface area contributed by atoms with Crippen molar-refractivity contribution in [2.45, 2.75) is 18.5 Å². The first-order valence-electron chi connectivity index (χ1n) is 6.78.